The van der Waals surface area contributed by atoms with Crippen molar-refractivity contribution in [2.45, 2.75) is 62.5 Å². The Kier molecular flexibility index (Phi) is 9.26. The summed E-state index contributed by atoms with van der Waals surface area (Å²) in [6.07, 6.45) is -0.371. The molecule has 1 aliphatic heterocycles. The van der Waals surface area contributed by atoms with E-state index < -0.39 is 46.5 Å². The minimum Gasteiger partial charge on any atom is -0.387 e. The van der Waals surface area contributed by atoms with Crippen molar-refractivity contribution >= 4 is 44.6 Å². The van der Waals surface area contributed by atoms with Gasteiger partial charge in [-0.05, 0) is 31.5 Å². The molecule has 1 aromatic carbocycles. The maximum absolute atomic E-state index is 12.7. The Morgan fingerprint density at radius 3 is 2.62 bits per heavy atom. The van der Waals surface area contributed by atoms with E-state index in [4.69, 9.17) is 4.74 Å². The third-order valence-corrected chi connectivity index (χ3v) is 7.65. The van der Waals surface area contributed by atoms with Crippen LogP contribution < -0.4 is 20.7 Å². The molecule has 6 N–H and O–H groups in total. The molecule has 40 heavy (non-hydrogen) atoms. The van der Waals surface area contributed by atoms with Gasteiger partial charge in [-0.1, -0.05) is 25.8 Å². The summed E-state index contributed by atoms with van der Waals surface area (Å²) in [6.45, 7) is 4.38. The predicted molar refractivity (Wildman–Crippen MR) is 144 cm³/mol. The van der Waals surface area contributed by atoms with Gasteiger partial charge in [-0.15, -0.1) is 0 Å². The van der Waals surface area contributed by atoms with Crippen LogP contribution in [0.2, 0.25) is 0 Å². The maximum Gasteiger partial charge on any atom is 0.324 e. The summed E-state index contributed by atoms with van der Waals surface area (Å²) in [4.78, 5) is 37.4. The second kappa shape index (κ2) is 12.6. The first-order valence-corrected chi connectivity index (χ1v) is 14.3. The number of carbonyl (C=O) groups is 2. The summed E-state index contributed by atoms with van der Waals surface area (Å²) in [7, 11) is -3.74. The zero-order valence-corrected chi connectivity index (χ0v) is 22.8. The van der Waals surface area contributed by atoms with Crippen LogP contribution in [0.5, 0.6) is 0 Å². The average Bonchev–Trinajstić information content (AvgIpc) is 3.48. The van der Waals surface area contributed by atoms with Crippen molar-refractivity contribution in [3.05, 3.63) is 36.9 Å². The molecule has 0 saturated carbocycles. The lowest BCUT2D eigenvalue weighted by Gasteiger charge is -2.16. The quantitative estimate of drug-likeness (QED) is 0.176. The van der Waals surface area contributed by atoms with Gasteiger partial charge in [0.1, 0.15) is 18.5 Å². The monoisotopic (exact) mass is 576 g/mol. The van der Waals surface area contributed by atoms with Crippen LogP contribution in [-0.4, -0.2) is 81.5 Å². The fraction of sp³-hybridized carbons (Fsp3) is 0.458. The normalized spacial score (nSPS) is 20.9. The van der Waals surface area contributed by atoms with Gasteiger partial charge in [-0.25, -0.2) is 32.9 Å². The topological polar surface area (TPSA) is 210 Å². The molecule has 3 heterocycles. The van der Waals surface area contributed by atoms with Crippen molar-refractivity contribution in [3.8, 4) is 0 Å². The lowest BCUT2D eigenvalue weighted by molar-refractivity contribution is -0.137. The average molecular weight is 577 g/mol. The van der Waals surface area contributed by atoms with Crippen LogP contribution in [0.25, 0.3) is 11.2 Å². The number of amides is 3. The number of anilines is 2. The molecule has 2 aromatic heterocycles. The largest absolute Gasteiger partial charge is 0.387 e. The number of hydrogen-bond donors (Lipinski definition) is 6. The van der Waals surface area contributed by atoms with Crippen molar-refractivity contribution in [2.24, 2.45) is 0 Å². The number of unbranched alkanes of at least 4 members (excludes halogenated alkanes) is 2. The number of rotatable bonds is 11. The lowest BCUT2D eigenvalue weighted by atomic mass is 10.1. The second-order valence-electron chi connectivity index (χ2n) is 9.08. The van der Waals surface area contributed by atoms with Crippen LogP contribution in [0.15, 0.2) is 41.8 Å². The second-order valence-corrected chi connectivity index (χ2v) is 10.8. The van der Waals surface area contributed by atoms with Gasteiger partial charge in [0.25, 0.3) is 5.91 Å². The zero-order chi connectivity index (χ0) is 28.9. The van der Waals surface area contributed by atoms with E-state index in [1.54, 1.807) is 6.92 Å². The third kappa shape index (κ3) is 6.37. The number of hydrogen-bond acceptors (Lipinski definition) is 10. The van der Waals surface area contributed by atoms with E-state index in [0.717, 1.165) is 25.6 Å². The van der Waals surface area contributed by atoms with Gasteiger partial charge in [0.15, 0.2) is 29.3 Å². The lowest BCUT2D eigenvalue weighted by Crippen LogP contribution is -2.42. The summed E-state index contributed by atoms with van der Waals surface area (Å²) in [5.74, 6) is -0.547. The minimum absolute atomic E-state index is 0.00759. The molecule has 3 amide bonds. The number of fused-ring (bicyclic) bond motifs is 1. The van der Waals surface area contributed by atoms with E-state index in [1.807, 2.05) is 6.92 Å². The summed E-state index contributed by atoms with van der Waals surface area (Å²) in [5.41, 5.74) is 0.551. The number of nitrogens with one attached hydrogen (secondary N) is 4. The molecule has 16 heteroatoms. The van der Waals surface area contributed by atoms with E-state index in [1.165, 1.54) is 35.2 Å². The SMILES string of the molecule is CCCCCNS(=O)(=O)c1cccc(NC(=O)Nc2ncnc3c2ncn3[C@@H]2O[C@H](C(=O)NCC)C(O)C2O)c1. The first kappa shape index (κ1) is 29.3. The maximum atomic E-state index is 12.7. The van der Waals surface area contributed by atoms with Crippen LogP contribution in [0.3, 0.4) is 0 Å². The minimum atomic E-state index is -3.74. The number of aromatic nitrogens is 4. The molecule has 2 unspecified atom stereocenters. The highest BCUT2D eigenvalue weighted by Gasteiger charge is 2.47. The van der Waals surface area contributed by atoms with E-state index >= 15 is 0 Å². The molecule has 1 aliphatic rings. The highest BCUT2D eigenvalue weighted by Crippen LogP contribution is 2.32. The van der Waals surface area contributed by atoms with Crippen molar-refractivity contribution in [1.82, 2.24) is 29.6 Å². The number of benzene rings is 1. The Bertz CT molecular complexity index is 1460. The van der Waals surface area contributed by atoms with Crippen LogP contribution in [0.1, 0.15) is 39.3 Å². The molecule has 4 rings (SSSR count). The standard InChI is InChI=1S/C24H32N8O7S/c1-3-5-6-10-29-40(37,38)15-9-7-8-14(11-15)30-24(36)31-20-16-21(27-12-26-20)32(13-28-16)23-18(34)17(33)19(39-23)22(35)25-4-2/h7-9,11-13,17-19,23,29,33-34H,3-6,10H2,1-2H3,(H,25,35)(H2,26,27,30,31,36)/t17?,18?,19-,23+/m0/s1. The van der Waals surface area contributed by atoms with E-state index in [9.17, 15) is 28.2 Å². The van der Waals surface area contributed by atoms with Crippen molar-refractivity contribution in [3.63, 3.8) is 0 Å². The first-order chi connectivity index (χ1) is 19.2. The Hall–Kier alpha value is -3.70. The molecular formula is C24H32N8O7S. The van der Waals surface area contributed by atoms with Gasteiger partial charge >= 0.3 is 6.03 Å². The van der Waals surface area contributed by atoms with Crippen molar-refractivity contribution < 1.29 is 33.0 Å². The zero-order valence-electron chi connectivity index (χ0n) is 21.9. The number of ether oxygens (including phenoxy) is 1. The highest BCUT2D eigenvalue weighted by atomic mass is 32.2. The summed E-state index contributed by atoms with van der Waals surface area (Å²) >= 11 is 0. The smallest absolute Gasteiger partial charge is 0.324 e. The van der Waals surface area contributed by atoms with Gasteiger partial charge in [-0.2, -0.15) is 0 Å². The Labute approximate surface area is 230 Å². The molecule has 0 aliphatic carbocycles. The highest BCUT2D eigenvalue weighted by molar-refractivity contribution is 7.89. The molecule has 0 radical (unpaired) electrons. The van der Waals surface area contributed by atoms with Crippen LogP contribution >= 0.6 is 0 Å². The molecule has 15 nitrogen and oxygen atoms in total. The summed E-state index contributed by atoms with van der Waals surface area (Å²) in [5, 5.41) is 28.5. The Morgan fingerprint density at radius 2 is 1.88 bits per heavy atom. The molecule has 1 fully saturated rings. The fourth-order valence-electron chi connectivity index (χ4n) is 4.19. The third-order valence-electron chi connectivity index (χ3n) is 6.19. The van der Waals surface area contributed by atoms with Gasteiger partial charge in [0, 0.05) is 18.8 Å². The number of imidazole rings is 1. The van der Waals surface area contributed by atoms with Crippen LogP contribution in [-0.2, 0) is 19.6 Å². The van der Waals surface area contributed by atoms with E-state index in [-0.39, 0.29) is 27.6 Å². The number of nitrogens with zero attached hydrogens (tertiary/aromatic N) is 4. The number of sulfonamides is 1. The molecular weight excluding hydrogens is 544 g/mol. The molecule has 1 saturated heterocycles. The first-order valence-electron chi connectivity index (χ1n) is 12.8. The van der Waals surface area contributed by atoms with E-state index in [0.29, 0.717) is 13.1 Å². The number of carbonyl (C=O) groups excluding carboxylic acids is 2. The van der Waals surface area contributed by atoms with Gasteiger partial charge in [0.05, 0.1) is 11.2 Å². The van der Waals surface area contributed by atoms with Gasteiger partial charge < -0.3 is 25.6 Å². The molecule has 4 atom stereocenters. The van der Waals surface area contributed by atoms with Gasteiger partial charge in [-0.3, -0.25) is 14.7 Å². The van der Waals surface area contributed by atoms with Crippen molar-refractivity contribution in [2.75, 3.05) is 23.7 Å². The number of urea groups is 1. The fourth-order valence-corrected chi connectivity index (χ4v) is 5.31. The van der Waals surface area contributed by atoms with E-state index in [2.05, 4.69) is 35.6 Å². The molecule has 0 spiro atoms. The Morgan fingerprint density at radius 1 is 1.07 bits per heavy atom. The van der Waals surface area contributed by atoms with Crippen LogP contribution in [0, 0.1) is 0 Å². The van der Waals surface area contributed by atoms with Gasteiger partial charge in [0.2, 0.25) is 10.0 Å². The summed E-state index contributed by atoms with van der Waals surface area (Å²) in [6, 6.07) is 5.09. The predicted octanol–water partition coefficient (Wildman–Crippen LogP) is 0.694. The molecule has 3 aromatic rings. The Balaban J connectivity index is 1.47. The van der Waals surface area contributed by atoms with Crippen LogP contribution in [0.4, 0.5) is 16.3 Å². The number of likely N-dealkylation sites (N-methyl/N-ethyl adjacent to an activating group) is 1. The van der Waals surface area contributed by atoms with Crippen molar-refractivity contribution in [1.29, 1.82) is 0 Å². The molecule has 216 valence electrons. The molecule has 0 bridgehead atoms. The number of aliphatic hydroxyl groups excluding tert-OH is 2. The summed E-state index contributed by atoms with van der Waals surface area (Å²) < 4.78 is 34.7. The number of aliphatic hydroxyl groups is 2.